The van der Waals surface area contributed by atoms with Gasteiger partial charge in [0.15, 0.2) is 5.78 Å². The Kier molecular flexibility index (Phi) is 3.75. The van der Waals surface area contributed by atoms with Crippen LogP contribution in [-0.2, 0) is 0 Å². The van der Waals surface area contributed by atoms with E-state index in [0.717, 1.165) is 23.1 Å². The van der Waals surface area contributed by atoms with Crippen molar-refractivity contribution in [1.29, 1.82) is 0 Å². The summed E-state index contributed by atoms with van der Waals surface area (Å²) in [5, 5.41) is 0.742. The fourth-order valence-corrected chi connectivity index (χ4v) is 3.77. The molecule has 1 atom stereocenters. The van der Waals surface area contributed by atoms with Gasteiger partial charge in [-0.1, -0.05) is 27.5 Å². The Labute approximate surface area is 107 Å². The smallest absolute Gasteiger partial charge is 0.175 e. The number of thioether (sulfide) groups is 1. The van der Waals surface area contributed by atoms with Crippen LogP contribution in [0.2, 0.25) is 5.02 Å². The Morgan fingerprint density at radius 2 is 2.27 bits per heavy atom. The lowest BCUT2D eigenvalue weighted by atomic mass is 10.1. The minimum absolute atomic E-state index is 0.135. The van der Waals surface area contributed by atoms with Gasteiger partial charge in [-0.3, -0.25) is 4.79 Å². The molecule has 0 radical (unpaired) electrons. The predicted octanol–water partition coefficient (Wildman–Crippen LogP) is 4.18. The average Bonchev–Trinajstić information content (AvgIpc) is 2.67. The molecule has 1 saturated heterocycles. The molecule has 1 unspecified atom stereocenters. The van der Waals surface area contributed by atoms with Gasteiger partial charge in [0.25, 0.3) is 0 Å². The van der Waals surface area contributed by atoms with Crippen molar-refractivity contribution in [2.24, 2.45) is 0 Å². The van der Waals surface area contributed by atoms with Crippen molar-refractivity contribution in [1.82, 2.24) is 0 Å². The van der Waals surface area contributed by atoms with E-state index in [1.54, 1.807) is 23.9 Å². The lowest BCUT2D eigenvalue weighted by Gasteiger charge is -2.08. The maximum Gasteiger partial charge on any atom is 0.175 e. The van der Waals surface area contributed by atoms with E-state index in [1.807, 2.05) is 6.07 Å². The van der Waals surface area contributed by atoms with Gasteiger partial charge in [0.1, 0.15) is 0 Å². The first-order valence-corrected chi connectivity index (χ1v) is 7.01. The summed E-state index contributed by atoms with van der Waals surface area (Å²) in [4.78, 5) is 12.1. The minimum atomic E-state index is 0.135. The number of ketones is 1. The largest absolute Gasteiger partial charge is 0.293 e. The van der Waals surface area contributed by atoms with Crippen molar-refractivity contribution in [2.45, 2.75) is 18.1 Å². The number of carbonyl (C=O) groups is 1. The molecule has 15 heavy (non-hydrogen) atoms. The van der Waals surface area contributed by atoms with E-state index in [2.05, 4.69) is 15.9 Å². The number of halogens is 2. The molecule has 1 aliphatic rings. The summed E-state index contributed by atoms with van der Waals surface area (Å²) in [5.41, 5.74) is 0.716. The molecule has 1 aromatic carbocycles. The molecule has 0 saturated carbocycles. The van der Waals surface area contributed by atoms with Crippen molar-refractivity contribution in [3.05, 3.63) is 33.3 Å². The molecular weight excluding hydrogens is 296 g/mol. The number of hydrogen-bond donors (Lipinski definition) is 0. The Balaban J connectivity index is 2.24. The molecular formula is C11H10BrClOS. The van der Waals surface area contributed by atoms with Crippen molar-refractivity contribution in [3.63, 3.8) is 0 Å². The average molecular weight is 306 g/mol. The van der Waals surface area contributed by atoms with Gasteiger partial charge in [0.05, 0.1) is 5.25 Å². The van der Waals surface area contributed by atoms with E-state index in [9.17, 15) is 4.79 Å². The third-order valence-electron chi connectivity index (χ3n) is 2.37. The van der Waals surface area contributed by atoms with E-state index in [1.165, 1.54) is 0 Å². The highest BCUT2D eigenvalue weighted by Gasteiger charge is 2.24. The second kappa shape index (κ2) is 4.89. The predicted molar refractivity (Wildman–Crippen MR) is 69.0 cm³/mol. The highest BCUT2D eigenvalue weighted by molar-refractivity contribution is 9.10. The zero-order valence-corrected chi connectivity index (χ0v) is 11.2. The monoisotopic (exact) mass is 304 g/mol. The highest BCUT2D eigenvalue weighted by atomic mass is 79.9. The number of Topliss-reactive ketones (excluding diaryl/α,β-unsaturated/α-hetero) is 1. The van der Waals surface area contributed by atoms with Crippen LogP contribution < -0.4 is 0 Å². The van der Waals surface area contributed by atoms with Gasteiger partial charge in [-0.15, -0.1) is 0 Å². The third-order valence-corrected chi connectivity index (χ3v) is 4.42. The second-order valence-corrected chi connectivity index (χ2v) is 6.19. The van der Waals surface area contributed by atoms with Crippen molar-refractivity contribution >= 4 is 45.1 Å². The molecule has 1 aromatic rings. The van der Waals surface area contributed by atoms with Gasteiger partial charge in [0, 0.05) is 15.1 Å². The maximum absolute atomic E-state index is 12.1. The summed E-state index contributed by atoms with van der Waals surface area (Å²) in [5.74, 6) is 1.30. The summed E-state index contributed by atoms with van der Waals surface area (Å²) in [6, 6.07) is 5.38. The molecule has 1 aliphatic heterocycles. The molecule has 0 bridgehead atoms. The van der Waals surface area contributed by atoms with E-state index < -0.39 is 0 Å². The molecule has 1 nitrogen and oxygen atoms in total. The zero-order valence-electron chi connectivity index (χ0n) is 8.00. The van der Waals surface area contributed by atoms with Crippen LogP contribution in [-0.4, -0.2) is 16.8 Å². The van der Waals surface area contributed by atoms with Gasteiger partial charge in [0.2, 0.25) is 0 Å². The van der Waals surface area contributed by atoms with Crippen LogP contribution in [0.25, 0.3) is 0 Å². The van der Waals surface area contributed by atoms with Crippen LogP contribution in [0.3, 0.4) is 0 Å². The van der Waals surface area contributed by atoms with Crippen LogP contribution in [0.1, 0.15) is 23.2 Å². The summed E-state index contributed by atoms with van der Waals surface area (Å²) in [6.45, 7) is 0. The number of benzene rings is 1. The molecule has 80 valence electrons. The Hall–Kier alpha value is 0.01000. The number of carbonyl (C=O) groups excluding carboxylic acids is 1. The molecule has 0 aliphatic carbocycles. The molecule has 0 spiro atoms. The molecule has 0 amide bonds. The summed E-state index contributed by atoms with van der Waals surface area (Å²) >= 11 is 11.0. The summed E-state index contributed by atoms with van der Waals surface area (Å²) < 4.78 is 0.862. The molecule has 1 fully saturated rings. The van der Waals surface area contributed by atoms with Crippen LogP contribution >= 0.6 is 39.3 Å². The normalized spacial score (nSPS) is 20.5. The van der Waals surface area contributed by atoms with Crippen LogP contribution in [0.4, 0.5) is 0 Å². The van der Waals surface area contributed by atoms with Crippen LogP contribution in [0.15, 0.2) is 22.7 Å². The van der Waals surface area contributed by atoms with E-state index in [0.29, 0.717) is 10.6 Å². The molecule has 0 aromatic heterocycles. The van der Waals surface area contributed by atoms with E-state index >= 15 is 0 Å². The first-order chi connectivity index (χ1) is 7.16. The van der Waals surface area contributed by atoms with E-state index in [-0.39, 0.29) is 11.0 Å². The second-order valence-electron chi connectivity index (χ2n) is 3.52. The summed E-state index contributed by atoms with van der Waals surface area (Å²) in [6.07, 6.45) is 2.14. The Morgan fingerprint density at radius 1 is 1.47 bits per heavy atom. The summed E-state index contributed by atoms with van der Waals surface area (Å²) in [7, 11) is 0. The fraction of sp³-hybridized carbons (Fsp3) is 0.364. The Bertz CT molecular complexity index is 368. The van der Waals surface area contributed by atoms with Gasteiger partial charge in [-0.05, 0) is 36.8 Å². The lowest BCUT2D eigenvalue weighted by Crippen LogP contribution is -2.13. The highest BCUT2D eigenvalue weighted by Crippen LogP contribution is 2.30. The van der Waals surface area contributed by atoms with Gasteiger partial charge in [-0.25, -0.2) is 0 Å². The first-order valence-electron chi connectivity index (χ1n) is 4.79. The van der Waals surface area contributed by atoms with Crippen molar-refractivity contribution in [3.8, 4) is 0 Å². The Morgan fingerprint density at radius 3 is 2.87 bits per heavy atom. The molecule has 1 heterocycles. The van der Waals surface area contributed by atoms with Gasteiger partial charge < -0.3 is 0 Å². The quantitative estimate of drug-likeness (QED) is 0.762. The molecule has 2 rings (SSSR count). The lowest BCUT2D eigenvalue weighted by molar-refractivity contribution is 0.0988. The first kappa shape index (κ1) is 11.5. The SMILES string of the molecule is O=C(c1cc(Cl)cc(Br)c1)C1CCCS1. The molecule has 4 heteroatoms. The van der Waals surface area contributed by atoms with Gasteiger partial charge >= 0.3 is 0 Å². The van der Waals surface area contributed by atoms with Crippen LogP contribution in [0, 0.1) is 0 Å². The van der Waals surface area contributed by atoms with Crippen LogP contribution in [0.5, 0.6) is 0 Å². The molecule has 0 N–H and O–H groups in total. The number of hydrogen-bond acceptors (Lipinski definition) is 2. The van der Waals surface area contributed by atoms with Gasteiger partial charge in [-0.2, -0.15) is 11.8 Å². The van der Waals surface area contributed by atoms with Crippen molar-refractivity contribution in [2.75, 3.05) is 5.75 Å². The zero-order chi connectivity index (χ0) is 10.8. The standard InChI is InChI=1S/C11H10BrClOS/c12-8-4-7(5-9(13)6-8)11(14)10-2-1-3-15-10/h4-6,10H,1-3H2. The fourth-order valence-electron chi connectivity index (χ4n) is 1.67. The number of rotatable bonds is 2. The van der Waals surface area contributed by atoms with Crippen molar-refractivity contribution < 1.29 is 4.79 Å². The minimum Gasteiger partial charge on any atom is -0.293 e. The van der Waals surface area contributed by atoms with E-state index in [4.69, 9.17) is 11.6 Å². The third kappa shape index (κ3) is 2.77. The topological polar surface area (TPSA) is 17.1 Å². The maximum atomic E-state index is 12.1.